The van der Waals surface area contributed by atoms with Crippen LogP contribution in [0.15, 0.2) is 42.5 Å². The Morgan fingerprint density at radius 1 is 1.06 bits per heavy atom. The number of hydrogen-bond acceptors (Lipinski definition) is 4. The maximum atomic E-state index is 13.5. The van der Waals surface area contributed by atoms with Gasteiger partial charge in [-0.25, -0.2) is 8.42 Å². The molecule has 1 unspecified atom stereocenters. The Labute approximate surface area is 205 Å². The summed E-state index contributed by atoms with van der Waals surface area (Å²) in [5, 5.41) is 3.49. The van der Waals surface area contributed by atoms with Gasteiger partial charge in [-0.2, -0.15) is 0 Å². The molecule has 10 heteroatoms. The summed E-state index contributed by atoms with van der Waals surface area (Å²) in [6, 6.07) is 11.0. The fourth-order valence-corrected chi connectivity index (χ4v) is 4.73. The van der Waals surface area contributed by atoms with Crippen LogP contribution in [0.4, 0.5) is 5.69 Å². The zero-order valence-electron chi connectivity index (χ0n) is 19.1. The van der Waals surface area contributed by atoms with Gasteiger partial charge in [0.15, 0.2) is 0 Å². The highest BCUT2D eigenvalue weighted by molar-refractivity contribution is 7.92. The summed E-state index contributed by atoms with van der Waals surface area (Å²) in [7, 11) is -3.78. The summed E-state index contributed by atoms with van der Waals surface area (Å²) in [6.45, 7) is 5.24. The van der Waals surface area contributed by atoms with Crippen LogP contribution in [0.25, 0.3) is 0 Å². The van der Waals surface area contributed by atoms with Crippen LogP contribution in [0, 0.1) is 0 Å². The lowest BCUT2D eigenvalue weighted by Gasteiger charge is -2.32. The molecule has 0 bridgehead atoms. The number of aryl methyl sites for hydroxylation is 1. The fourth-order valence-electron chi connectivity index (χ4n) is 3.39. The topological polar surface area (TPSA) is 86.8 Å². The van der Waals surface area contributed by atoms with E-state index in [1.807, 2.05) is 19.1 Å². The van der Waals surface area contributed by atoms with Crippen molar-refractivity contribution in [1.29, 1.82) is 0 Å². The molecule has 0 aromatic heterocycles. The molecule has 1 N–H and O–H groups in total. The second-order valence-corrected chi connectivity index (χ2v) is 10.3. The quantitative estimate of drug-likeness (QED) is 0.522. The number of benzene rings is 2. The normalized spacial score (nSPS) is 12.2. The van der Waals surface area contributed by atoms with Crippen molar-refractivity contribution in [3.8, 4) is 0 Å². The van der Waals surface area contributed by atoms with Gasteiger partial charge in [0.25, 0.3) is 0 Å². The Morgan fingerprint density at radius 3 is 2.30 bits per heavy atom. The third kappa shape index (κ3) is 7.09. The van der Waals surface area contributed by atoms with Crippen molar-refractivity contribution < 1.29 is 18.0 Å². The highest BCUT2D eigenvalue weighted by atomic mass is 35.5. The number of carbonyl (C=O) groups is 2. The third-order valence-electron chi connectivity index (χ3n) is 5.19. The van der Waals surface area contributed by atoms with Crippen LogP contribution in [-0.2, 0) is 32.6 Å². The van der Waals surface area contributed by atoms with Gasteiger partial charge in [0.05, 0.1) is 11.9 Å². The van der Waals surface area contributed by atoms with E-state index in [2.05, 4.69) is 5.32 Å². The Balaban J connectivity index is 2.45. The minimum Gasteiger partial charge on any atom is -0.355 e. The van der Waals surface area contributed by atoms with E-state index in [0.717, 1.165) is 16.1 Å². The van der Waals surface area contributed by atoms with Gasteiger partial charge in [-0.05, 0) is 49.6 Å². The Hall–Kier alpha value is -2.29. The molecule has 0 aliphatic heterocycles. The number of likely N-dealkylation sites (N-methyl/N-ethyl adjacent to an activating group) is 1. The summed E-state index contributed by atoms with van der Waals surface area (Å²) in [5.74, 6) is -0.882. The number of para-hydroxylation sites is 1. The molecule has 1 atom stereocenters. The minimum atomic E-state index is -3.78. The number of amides is 2. The van der Waals surface area contributed by atoms with Crippen molar-refractivity contribution in [1.82, 2.24) is 10.2 Å². The average Bonchev–Trinajstić information content (AvgIpc) is 2.75. The van der Waals surface area contributed by atoms with Crippen LogP contribution >= 0.6 is 23.2 Å². The summed E-state index contributed by atoms with van der Waals surface area (Å²) in [4.78, 5) is 27.4. The van der Waals surface area contributed by atoms with Crippen LogP contribution < -0.4 is 9.62 Å². The van der Waals surface area contributed by atoms with Crippen molar-refractivity contribution in [2.75, 3.05) is 23.7 Å². The molecule has 2 aromatic carbocycles. The molecular formula is C23H29Cl2N3O4S. The van der Waals surface area contributed by atoms with Crippen LogP contribution in [0.5, 0.6) is 0 Å². The standard InChI is InChI=1S/C23H29Cl2N3O4S/c1-5-17-9-7-8-10-21(17)28(33(4,31)32)15-22(29)27(16(3)23(30)26-6-2)14-18-11-12-19(24)13-20(18)25/h7-13,16H,5-6,14-15H2,1-4H3,(H,26,30). The first-order valence-corrected chi connectivity index (χ1v) is 13.2. The lowest BCUT2D eigenvalue weighted by Crippen LogP contribution is -2.51. The van der Waals surface area contributed by atoms with E-state index in [0.29, 0.717) is 34.3 Å². The molecule has 0 heterocycles. The largest absolute Gasteiger partial charge is 0.355 e. The first-order chi connectivity index (χ1) is 15.5. The summed E-state index contributed by atoms with van der Waals surface area (Å²) in [5.41, 5.74) is 1.82. The molecule has 0 spiro atoms. The van der Waals surface area contributed by atoms with Gasteiger partial charge in [0.1, 0.15) is 12.6 Å². The second-order valence-electron chi connectivity index (χ2n) is 7.58. The Kier molecular flexibility index (Phi) is 9.57. The van der Waals surface area contributed by atoms with Gasteiger partial charge in [-0.3, -0.25) is 13.9 Å². The van der Waals surface area contributed by atoms with E-state index in [1.165, 1.54) is 4.90 Å². The van der Waals surface area contributed by atoms with Crippen LogP contribution in [-0.4, -0.2) is 50.5 Å². The number of anilines is 1. The highest BCUT2D eigenvalue weighted by Crippen LogP contribution is 2.26. The van der Waals surface area contributed by atoms with E-state index >= 15 is 0 Å². The number of carbonyl (C=O) groups excluding carboxylic acids is 2. The van der Waals surface area contributed by atoms with Crippen molar-refractivity contribution >= 4 is 50.7 Å². The van der Waals surface area contributed by atoms with Crippen molar-refractivity contribution in [3.05, 3.63) is 63.6 Å². The smallest absolute Gasteiger partial charge is 0.244 e. The monoisotopic (exact) mass is 513 g/mol. The molecule has 2 amide bonds. The first-order valence-electron chi connectivity index (χ1n) is 10.6. The van der Waals surface area contributed by atoms with Gasteiger partial charge in [-0.15, -0.1) is 0 Å². The molecule has 0 aliphatic carbocycles. The molecule has 0 saturated carbocycles. The molecule has 0 radical (unpaired) electrons. The van der Waals surface area contributed by atoms with Crippen molar-refractivity contribution in [2.45, 2.75) is 39.8 Å². The molecule has 2 rings (SSSR count). The van der Waals surface area contributed by atoms with Gasteiger partial charge < -0.3 is 10.2 Å². The van der Waals surface area contributed by atoms with Crippen LogP contribution in [0.2, 0.25) is 10.0 Å². The molecule has 0 saturated heterocycles. The number of rotatable bonds is 10. The molecule has 0 fully saturated rings. The molecule has 180 valence electrons. The van der Waals surface area contributed by atoms with Crippen LogP contribution in [0.3, 0.4) is 0 Å². The van der Waals surface area contributed by atoms with Crippen molar-refractivity contribution in [3.63, 3.8) is 0 Å². The zero-order chi connectivity index (χ0) is 24.8. The summed E-state index contributed by atoms with van der Waals surface area (Å²) in [6.07, 6.45) is 1.65. The van der Waals surface area contributed by atoms with Gasteiger partial charge >= 0.3 is 0 Å². The second kappa shape index (κ2) is 11.7. The first kappa shape index (κ1) is 27.0. The van der Waals surface area contributed by atoms with Gasteiger partial charge in [-0.1, -0.05) is 54.4 Å². The van der Waals surface area contributed by atoms with E-state index in [9.17, 15) is 18.0 Å². The lowest BCUT2D eigenvalue weighted by molar-refractivity contribution is -0.139. The number of nitrogens with one attached hydrogen (secondary N) is 1. The SMILES string of the molecule is CCNC(=O)C(C)N(Cc1ccc(Cl)cc1Cl)C(=O)CN(c1ccccc1CC)S(C)(=O)=O. The molecule has 2 aromatic rings. The molecule has 7 nitrogen and oxygen atoms in total. The summed E-state index contributed by atoms with van der Waals surface area (Å²) >= 11 is 12.3. The number of hydrogen-bond donors (Lipinski definition) is 1. The average molecular weight is 514 g/mol. The number of nitrogens with zero attached hydrogens (tertiary/aromatic N) is 2. The van der Waals surface area contributed by atoms with Gasteiger partial charge in [0.2, 0.25) is 21.8 Å². The highest BCUT2D eigenvalue weighted by Gasteiger charge is 2.30. The van der Waals surface area contributed by atoms with E-state index < -0.39 is 28.5 Å². The number of sulfonamides is 1. The number of halogens is 2. The maximum Gasteiger partial charge on any atom is 0.244 e. The maximum absolute atomic E-state index is 13.5. The van der Waals surface area contributed by atoms with E-state index in [4.69, 9.17) is 23.2 Å². The Bertz CT molecular complexity index is 1110. The molecular weight excluding hydrogens is 485 g/mol. The lowest BCUT2D eigenvalue weighted by atomic mass is 10.1. The predicted molar refractivity (Wildman–Crippen MR) is 133 cm³/mol. The van der Waals surface area contributed by atoms with Crippen LogP contribution in [0.1, 0.15) is 31.9 Å². The molecule has 33 heavy (non-hydrogen) atoms. The zero-order valence-corrected chi connectivity index (χ0v) is 21.5. The Morgan fingerprint density at radius 2 is 1.73 bits per heavy atom. The minimum absolute atomic E-state index is 0.0141. The predicted octanol–water partition coefficient (Wildman–Crippen LogP) is 3.88. The summed E-state index contributed by atoms with van der Waals surface area (Å²) < 4.78 is 26.4. The van der Waals surface area contributed by atoms with Gasteiger partial charge in [0, 0.05) is 23.1 Å². The molecule has 0 aliphatic rings. The van der Waals surface area contributed by atoms with Crippen molar-refractivity contribution in [2.24, 2.45) is 0 Å². The third-order valence-corrected chi connectivity index (χ3v) is 6.91. The van der Waals surface area contributed by atoms with E-state index in [1.54, 1.807) is 44.2 Å². The fraction of sp³-hybridized carbons (Fsp3) is 0.391. The van der Waals surface area contributed by atoms with E-state index in [-0.39, 0.29) is 12.5 Å².